The standard InChI is InChI=1S/C17H25N3O2/c1-13(2)16-18-15-8-6-5-7-14(15)17(19-16)20(9-11-21-3)10-12-22-4/h5-8,13H,9-12H2,1-4H3. The van der Waals surface area contributed by atoms with Gasteiger partial charge in [-0.3, -0.25) is 0 Å². The first-order chi connectivity index (χ1) is 10.7. The highest BCUT2D eigenvalue weighted by atomic mass is 16.5. The molecule has 120 valence electrons. The van der Waals surface area contributed by atoms with Gasteiger partial charge in [-0.05, 0) is 12.1 Å². The summed E-state index contributed by atoms with van der Waals surface area (Å²) in [6.45, 7) is 7.08. The van der Waals surface area contributed by atoms with E-state index < -0.39 is 0 Å². The second-order valence-corrected chi connectivity index (χ2v) is 5.55. The van der Waals surface area contributed by atoms with Crippen LogP contribution in [0.2, 0.25) is 0 Å². The fourth-order valence-electron chi connectivity index (χ4n) is 2.30. The van der Waals surface area contributed by atoms with Crippen molar-refractivity contribution in [3.05, 3.63) is 30.1 Å². The zero-order chi connectivity index (χ0) is 15.9. The Hall–Kier alpha value is -1.72. The van der Waals surface area contributed by atoms with E-state index in [9.17, 15) is 0 Å². The molecule has 0 amide bonds. The van der Waals surface area contributed by atoms with E-state index in [1.54, 1.807) is 14.2 Å². The fraction of sp³-hybridized carbons (Fsp3) is 0.529. The van der Waals surface area contributed by atoms with Crippen LogP contribution in [-0.2, 0) is 9.47 Å². The lowest BCUT2D eigenvalue weighted by Crippen LogP contribution is -2.32. The molecular formula is C17H25N3O2. The third kappa shape index (κ3) is 3.93. The number of ether oxygens (including phenoxy) is 2. The lowest BCUT2D eigenvalue weighted by molar-refractivity contribution is 0.190. The van der Waals surface area contributed by atoms with Crippen LogP contribution in [0.3, 0.4) is 0 Å². The molecule has 0 aliphatic rings. The second-order valence-electron chi connectivity index (χ2n) is 5.55. The number of benzene rings is 1. The normalized spacial score (nSPS) is 11.3. The highest BCUT2D eigenvalue weighted by Gasteiger charge is 2.15. The summed E-state index contributed by atoms with van der Waals surface area (Å²) in [6, 6.07) is 8.14. The molecule has 0 aliphatic carbocycles. The molecule has 0 aliphatic heterocycles. The Kier molecular flexibility index (Phi) is 6.10. The summed E-state index contributed by atoms with van der Waals surface area (Å²) in [7, 11) is 3.43. The number of methoxy groups -OCH3 is 2. The highest BCUT2D eigenvalue weighted by molar-refractivity contribution is 5.89. The molecule has 5 heteroatoms. The van der Waals surface area contributed by atoms with Crippen molar-refractivity contribution in [2.75, 3.05) is 45.4 Å². The van der Waals surface area contributed by atoms with Crippen molar-refractivity contribution in [3.8, 4) is 0 Å². The minimum atomic E-state index is 0.287. The van der Waals surface area contributed by atoms with Gasteiger partial charge in [0.25, 0.3) is 0 Å². The van der Waals surface area contributed by atoms with E-state index in [-0.39, 0.29) is 5.92 Å². The van der Waals surface area contributed by atoms with Gasteiger partial charge in [-0.2, -0.15) is 0 Å². The Morgan fingerprint density at radius 2 is 1.64 bits per heavy atom. The molecule has 0 radical (unpaired) electrons. The smallest absolute Gasteiger partial charge is 0.140 e. The minimum Gasteiger partial charge on any atom is -0.383 e. The Labute approximate surface area is 132 Å². The van der Waals surface area contributed by atoms with Gasteiger partial charge in [0, 0.05) is 38.6 Å². The van der Waals surface area contributed by atoms with Crippen LogP contribution in [-0.4, -0.2) is 50.5 Å². The fourth-order valence-corrected chi connectivity index (χ4v) is 2.30. The highest BCUT2D eigenvalue weighted by Crippen LogP contribution is 2.25. The maximum absolute atomic E-state index is 5.24. The summed E-state index contributed by atoms with van der Waals surface area (Å²) >= 11 is 0. The van der Waals surface area contributed by atoms with Gasteiger partial charge in [0.1, 0.15) is 11.6 Å². The first kappa shape index (κ1) is 16.6. The van der Waals surface area contributed by atoms with Gasteiger partial charge in [-0.15, -0.1) is 0 Å². The summed E-state index contributed by atoms with van der Waals surface area (Å²) in [5, 5.41) is 1.07. The molecule has 0 N–H and O–H groups in total. The quantitative estimate of drug-likeness (QED) is 0.750. The van der Waals surface area contributed by atoms with Gasteiger partial charge < -0.3 is 14.4 Å². The van der Waals surface area contributed by atoms with E-state index in [0.717, 1.165) is 35.6 Å². The molecule has 0 saturated heterocycles. The predicted molar refractivity (Wildman–Crippen MR) is 89.6 cm³/mol. The monoisotopic (exact) mass is 303 g/mol. The number of rotatable bonds is 8. The van der Waals surface area contributed by atoms with Crippen molar-refractivity contribution in [1.82, 2.24) is 9.97 Å². The Bertz CT molecular complexity index is 593. The zero-order valence-corrected chi connectivity index (χ0v) is 13.9. The number of hydrogen-bond acceptors (Lipinski definition) is 5. The van der Waals surface area contributed by atoms with Crippen molar-refractivity contribution in [2.24, 2.45) is 0 Å². The molecule has 0 atom stereocenters. The molecule has 0 bridgehead atoms. The molecule has 0 fully saturated rings. The molecule has 22 heavy (non-hydrogen) atoms. The van der Waals surface area contributed by atoms with E-state index in [1.807, 2.05) is 18.2 Å². The molecule has 5 nitrogen and oxygen atoms in total. The average molecular weight is 303 g/mol. The number of aromatic nitrogens is 2. The summed E-state index contributed by atoms with van der Waals surface area (Å²) in [4.78, 5) is 11.7. The van der Waals surface area contributed by atoms with Crippen LogP contribution in [0.15, 0.2) is 24.3 Å². The number of anilines is 1. The Morgan fingerprint density at radius 1 is 1.00 bits per heavy atom. The van der Waals surface area contributed by atoms with Crippen molar-refractivity contribution in [3.63, 3.8) is 0 Å². The Balaban J connectivity index is 2.47. The summed E-state index contributed by atoms with van der Waals surface area (Å²) in [5.74, 6) is 2.12. The third-order valence-electron chi connectivity index (χ3n) is 3.55. The molecule has 1 heterocycles. The van der Waals surface area contributed by atoms with Crippen molar-refractivity contribution >= 4 is 16.7 Å². The summed E-state index contributed by atoms with van der Waals surface area (Å²) < 4.78 is 10.5. The van der Waals surface area contributed by atoms with Crippen LogP contribution in [0.25, 0.3) is 10.9 Å². The van der Waals surface area contributed by atoms with E-state index in [2.05, 4.69) is 29.8 Å². The molecule has 0 spiro atoms. The molecule has 1 aromatic carbocycles. The third-order valence-corrected chi connectivity index (χ3v) is 3.55. The predicted octanol–water partition coefficient (Wildman–Crippen LogP) is 2.85. The van der Waals surface area contributed by atoms with Crippen LogP contribution in [0.4, 0.5) is 5.82 Å². The van der Waals surface area contributed by atoms with E-state index >= 15 is 0 Å². The van der Waals surface area contributed by atoms with Gasteiger partial charge in [-0.25, -0.2) is 9.97 Å². The molecule has 2 aromatic rings. The topological polar surface area (TPSA) is 47.5 Å². The lowest BCUT2D eigenvalue weighted by Gasteiger charge is -2.25. The summed E-state index contributed by atoms with van der Waals surface area (Å²) in [6.07, 6.45) is 0. The SMILES string of the molecule is COCCN(CCOC)c1nc(C(C)C)nc2ccccc12. The molecule has 1 aromatic heterocycles. The lowest BCUT2D eigenvalue weighted by atomic mass is 10.1. The van der Waals surface area contributed by atoms with E-state index in [4.69, 9.17) is 14.5 Å². The number of hydrogen-bond donors (Lipinski definition) is 0. The maximum atomic E-state index is 5.24. The van der Waals surface area contributed by atoms with Gasteiger partial charge in [-0.1, -0.05) is 26.0 Å². The molecular weight excluding hydrogens is 278 g/mol. The first-order valence-electron chi connectivity index (χ1n) is 7.67. The van der Waals surface area contributed by atoms with Gasteiger partial charge in [0.05, 0.1) is 18.7 Å². The van der Waals surface area contributed by atoms with Crippen molar-refractivity contribution < 1.29 is 9.47 Å². The van der Waals surface area contributed by atoms with Crippen LogP contribution >= 0.6 is 0 Å². The van der Waals surface area contributed by atoms with Crippen LogP contribution in [0, 0.1) is 0 Å². The van der Waals surface area contributed by atoms with Crippen LogP contribution < -0.4 is 4.90 Å². The second kappa shape index (κ2) is 8.06. The summed E-state index contributed by atoms with van der Waals surface area (Å²) in [5.41, 5.74) is 0.982. The van der Waals surface area contributed by atoms with Crippen LogP contribution in [0.5, 0.6) is 0 Å². The minimum absolute atomic E-state index is 0.287. The van der Waals surface area contributed by atoms with Gasteiger partial charge >= 0.3 is 0 Å². The molecule has 0 saturated carbocycles. The largest absolute Gasteiger partial charge is 0.383 e. The maximum Gasteiger partial charge on any atom is 0.140 e. The average Bonchev–Trinajstić information content (AvgIpc) is 2.54. The van der Waals surface area contributed by atoms with Crippen LogP contribution in [0.1, 0.15) is 25.6 Å². The number of fused-ring (bicyclic) bond motifs is 1. The van der Waals surface area contributed by atoms with Crippen molar-refractivity contribution in [2.45, 2.75) is 19.8 Å². The Morgan fingerprint density at radius 3 is 2.23 bits per heavy atom. The van der Waals surface area contributed by atoms with Gasteiger partial charge in [0.2, 0.25) is 0 Å². The number of para-hydroxylation sites is 1. The van der Waals surface area contributed by atoms with Crippen molar-refractivity contribution in [1.29, 1.82) is 0 Å². The van der Waals surface area contributed by atoms with Gasteiger partial charge in [0.15, 0.2) is 0 Å². The first-order valence-corrected chi connectivity index (χ1v) is 7.67. The van der Waals surface area contributed by atoms with E-state index in [0.29, 0.717) is 13.2 Å². The number of nitrogens with zero attached hydrogens (tertiary/aromatic N) is 3. The van der Waals surface area contributed by atoms with E-state index in [1.165, 1.54) is 0 Å². The molecule has 2 rings (SSSR count). The molecule has 0 unspecified atom stereocenters. The zero-order valence-electron chi connectivity index (χ0n) is 13.9.